The molecular formula is C4H9ClO2S. The van der Waals surface area contributed by atoms with Gasteiger partial charge in [-0.3, -0.25) is 4.18 Å². The van der Waals surface area contributed by atoms with Gasteiger partial charge in [-0.2, -0.15) is 0 Å². The average Bonchev–Trinajstić information content (AvgIpc) is 1.61. The van der Waals surface area contributed by atoms with E-state index in [4.69, 9.17) is 10.7 Å². The molecule has 0 aliphatic heterocycles. The molecule has 0 aromatic rings. The van der Waals surface area contributed by atoms with E-state index < -0.39 is 10.3 Å². The highest BCUT2D eigenvalue weighted by Crippen LogP contribution is 1.97. The van der Waals surface area contributed by atoms with Crippen LogP contribution in [0.2, 0.25) is 0 Å². The minimum absolute atomic E-state index is 0.387. The second-order valence-electron chi connectivity index (χ2n) is 1.87. The first kappa shape index (κ1) is 8.40. The summed E-state index contributed by atoms with van der Waals surface area (Å²) in [6.07, 6.45) is 0. The van der Waals surface area contributed by atoms with Crippen molar-refractivity contribution in [1.29, 1.82) is 0 Å². The zero-order valence-electron chi connectivity index (χ0n) is 4.89. The molecule has 1 atom stereocenters. The Morgan fingerprint density at radius 3 is 2.38 bits per heavy atom. The smallest absolute Gasteiger partial charge is 0.255 e. The van der Waals surface area contributed by atoms with Crippen LogP contribution < -0.4 is 0 Å². The van der Waals surface area contributed by atoms with Gasteiger partial charge in [0.2, 0.25) is 0 Å². The van der Waals surface area contributed by atoms with Gasteiger partial charge < -0.3 is 0 Å². The van der Waals surface area contributed by atoms with Crippen LogP contribution in [0.5, 0.6) is 0 Å². The van der Waals surface area contributed by atoms with Gasteiger partial charge in [0.25, 0.3) is 10.3 Å². The lowest BCUT2D eigenvalue weighted by Crippen LogP contribution is -2.00. The lowest BCUT2D eigenvalue weighted by molar-refractivity contribution is 0.302. The Morgan fingerprint density at radius 2 is 2.25 bits per heavy atom. The lowest BCUT2D eigenvalue weighted by atomic mass is 10.2. The highest BCUT2D eigenvalue weighted by atomic mass is 35.7. The summed E-state index contributed by atoms with van der Waals surface area (Å²) < 4.78 is 14.5. The molecule has 0 N–H and O–H groups in total. The molecule has 0 aliphatic rings. The van der Waals surface area contributed by atoms with E-state index in [1.807, 2.05) is 13.8 Å². The molecule has 0 amide bonds. The summed E-state index contributed by atoms with van der Waals surface area (Å²) in [6.45, 7) is 4.38. The molecule has 0 rings (SSSR count). The normalized spacial score (nSPS) is 14.5. The van der Waals surface area contributed by atoms with E-state index in [0.717, 1.165) is 0 Å². The highest BCUT2D eigenvalue weighted by molar-refractivity contribution is 8.04. The molecule has 50 valence electrons. The molecule has 2 nitrogen and oxygen atoms in total. The van der Waals surface area contributed by atoms with Gasteiger partial charge in [0.1, 0.15) is 0 Å². The molecule has 0 saturated carbocycles. The largest absolute Gasteiger partial charge is 0.278 e. The van der Waals surface area contributed by atoms with E-state index in [0.29, 0.717) is 12.5 Å². The van der Waals surface area contributed by atoms with Crippen LogP contribution in [0.4, 0.5) is 0 Å². The van der Waals surface area contributed by atoms with Crippen LogP contribution >= 0.6 is 10.7 Å². The fraction of sp³-hybridized carbons (Fsp3) is 1.00. The van der Waals surface area contributed by atoms with Gasteiger partial charge in [-0.1, -0.05) is 13.8 Å². The molecule has 4 heteroatoms. The average molecular weight is 157 g/mol. The lowest BCUT2D eigenvalue weighted by Gasteiger charge is -1.99. The van der Waals surface area contributed by atoms with Crippen molar-refractivity contribution in [3.63, 3.8) is 0 Å². The molecule has 0 spiro atoms. The Hall–Kier alpha value is 0.400. The minimum atomic E-state index is -1.61. The zero-order valence-corrected chi connectivity index (χ0v) is 6.46. The summed E-state index contributed by atoms with van der Waals surface area (Å²) >= 11 is 0. The maximum atomic E-state index is 10.0. The van der Waals surface area contributed by atoms with Crippen LogP contribution in [0, 0.1) is 5.92 Å². The fourth-order valence-electron chi connectivity index (χ4n) is 0.190. The van der Waals surface area contributed by atoms with Crippen molar-refractivity contribution < 1.29 is 8.39 Å². The number of halogens is 1. The van der Waals surface area contributed by atoms with Gasteiger partial charge in [-0.05, 0) is 5.92 Å². The third-order valence-electron chi connectivity index (χ3n) is 0.494. The molecule has 0 fully saturated rings. The molecule has 0 aromatic heterocycles. The Bertz CT molecular complexity index is 84.1. The molecule has 0 aromatic carbocycles. The van der Waals surface area contributed by atoms with E-state index in [-0.39, 0.29) is 0 Å². The van der Waals surface area contributed by atoms with E-state index in [1.165, 1.54) is 0 Å². The van der Waals surface area contributed by atoms with Gasteiger partial charge >= 0.3 is 0 Å². The monoisotopic (exact) mass is 156 g/mol. The van der Waals surface area contributed by atoms with Crippen LogP contribution in [-0.4, -0.2) is 10.8 Å². The van der Waals surface area contributed by atoms with Crippen LogP contribution in [0.15, 0.2) is 0 Å². The predicted molar refractivity (Wildman–Crippen MR) is 34.8 cm³/mol. The molecule has 0 aliphatic carbocycles. The van der Waals surface area contributed by atoms with Gasteiger partial charge in [0.15, 0.2) is 0 Å². The van der Waals surface area contributed by atoms with Crippen molar-refractivity contribution >= 4 is 21.0 Å². The Balaban J connectivity index is 3.05. The number of hydrogen-bond donors (Lipinski definition) is 0. The molecular weight excluding hydrogens is 148 g/mol. The first-order chi connectivity index (χ1) is 3.63. The first-order valence-corrected chi connectivity index (χ1v) is 4.24. The Labute approximate surface area is 56.3 Å². The van der Waals surface area contributed by atoms with Gasteiger partial charge in [0.05, 0.1) is 6.61 Å². The topological polar surface area (TPSA) is 26.3 Å². The zero-order chi connectivity index (χ0) is 6.57. The summed E-state index contributed by atoms with van der Waals surface area (Å²) in [5, 5.41) is 0. The molecule has 0 bridgehead atoms. The Morgan fingerprint density at radius 1 is 1.75 bits per heavy atom. The van der Waals surface area contributed by atoms with Crippen LogP contribution in [-0.2, 0) is 14.5 Å². The van der Waals surface area contributed by atoms with E-state index >= 15 is 0 Å². The quantitative estimate of drug-likeness (QED) is 0.579. The van der Waals surface area contributed by atoms with Crippen molar-refractivity contribution in [1.82, 2.24) is 0 Å². The molecule has 1 unspecified atom stereocenters. The molecule has 0 radical (unpaired) electrons. The van der Waals surface area contributed by atoms with Crippen molar-refractivity contribution in [3.8, 4) is 0 Å². The summed E-state index contributed by atoms with van der Waals surface area (Å²) in [4.78, 5) is 0. The van der Waals surface area contributed by atoms with Gasteiger partial charge in [-0.15, -0.1) is 0 Å². The van der Waals surface area contributed by atoms with Gasteiger partial charge in [0, 0.05) is 10.7 Å². The summed E-state index contributed by atoms with van der Waals surface area (Å²) in [5.41, 5.74) is 0. The maximum absolute atomic E-state index is 10.0. The minimum Gasteiger partial charge on any atom is -0.278 e. The van der Waals surface area contributed by atoms with Crippen molar-refractivity contribution in [2.45, 2.75) is 13.8 Å². The fourth-order valence-corrected chi connectivity index (χ4v) is 0.723. The first-order valence-electron chi connectivity index (χ1n) is 2.34. The number of hydrogen-bond acceptors (Lipinski definition) is 2. The third kappa shape index (κ3) is 6.40. The second kappa shape index (κ2) is 4.30. The summed E-state index contributed by atoms with van der Waals surface area (Å²) in [5.74, 6) is 0.387. The van der Waals surface area contributed by atoms with Crippen molar-refractivity contribution in [2.24, 2.45) is 5.92 Å². The molecule has 0 saturated heterocycles. The highest BCUT2D eigenvalue weighted by Gasteiger charge is 1.95. The van der Waals surface area contributed by atoms with Gasteiger partial charge in [-0.25, -0.2) is 4.21 Å². The second-order valence-corrected chi connectivity index (χ2v) is 3.25. The van der Waals surface area contributed by atoms with Crippen LogP contribution in [0.1, 0.15) is 13.8 Å². The Kier molecular flexibility index (Phi) is 4.51. The SMILES string of the molecule is CC(C)COS(=O)Cl. The van der Waals surface area contributed by atoms with E-state index in [2.05, 4.69) is 4.18 Å². The molecule has 0 heterocycles. The van der Waals surface area contributed by atoms with Crippen LogP contribution in [0.25, 0.3) is 0 Å². The van der Waals surface area contributed by atoms with Crippen molar-refractivity contribution in [2.75, 3.05) is 6.61 Å². The van der Waals surface area contributed by atoms with E-state index in [1.54, 1.807) is 0 Å². The maximum Gasteiger partial charge on any atom is 0.255 e. The predicted octanol–water partition coefficient (Wildman–Crippen LogP) is 1.48. The van der Waals surface area contributed by atoms with Crippen molar-refractivity contribution in [3.05, 3.63) is 0 Å². The summed E-state index contributed by atoms with van der Waals surface area (Å²) in [6, 6.07) is 0. The van der Waals surface area contributed by atoms with Crippen LogP contribution in [0.3, 0.4) is 0 Å². The van der Waals surface area contributed by atoms with E-state index in [9.17, 15) is 4.21 Å². The number of rotatable bonds is 3. The standard InChI is InChI=1S/C4H9ClO2S/c1-4(2)3-7-8(5)6/h4H,3H2,1-2H3. The molecule has 8 heavy (non-hydrogen) atoms. The third-order valence-corrected chi connectivity index (χ3v) is 1.08. The summed E-state index contributed by atoms with van der Waals surface area (Å²) in [7, 11) is 3.36.